The van der Waals surface area contributed by atoms with E-state index in [1.54, 1.807) is 25.3 Å². The Kier molecular flexibility index (Phi) is 5.91. The van der Waals surface area contributed by atoms with E-state index in [0.29, 0.717) is 23.7 Å². The highest BCUT2D eigenvalue weighted by Crippen LogP contribution is 2.25. The molecule has 0 amide bonds. The minimum atomic E-state index is 0.00537. The molecule has 1 rings (SSSR count). The molecule has 17 heavy (non-hydrogen) atoms. The maximum absolute atomic E-state index is 11.4. The van der Waals surface area contributed by atoms with Gasteiger partial charge in [-0.2, -0.15) is 11.8 Å². The van der Waals surface area contributed by atoms with Gasteiger partial charge in [-0.3, -0.25) is 4.79 Å². The van der Waals surface area contributed by atoms with Gasteiger partial charge in [-0.15, -0.1) is 0 Å². The third-order valence-electron chi connectivity index (χ3n) is 2.26. The quantitative estimate of drug-likeness (QED) is 0.553. The van der Waals surface area contributed by atoms with Gasteiger partial charge in [0.1, 0.15) is 11.5 Å². The molecule has 0 heterocycles. The number of thioether (sulfide) groups is 1. The van der Waals surface area contributed by atoms with E-state index in [-0.39, 0.29) is 5.78 Å². The highest BCUT2D eigenvalue weighted by molar-refractivity contribution is 7.99. The summed E-state index contributed by atoms with van der Waals surface area (Å²) in [5.74, 6) is 3.30. The molecule has 0 bridgehead atoms. The van der Waals surface area contributed by atoms with Gasteiger partial charge in [-0.25, -0.2) is 0 Å². The van der Waals surface area contributed by atoms with Crippen molar-refractivity contribution in [3.8, 4) is 11.5 Å². The number of rotatable bonds is 7. The van der Waals surface area contributed by atoms with Crippen LogP contribution in [0.1, 0.15) is 24.2 Å². The molecule has 0 aromatic heterocycles. The number of benzene rings is 1. The lowest BCUT2D eigenvalue weighted by Gasteiger charge is -2.11. The molecule has 4 heteroatoms. The molecule has 0 aliphatic carbocycles. The van der Waals surface area contributed by atoms with Crippen molar-refractivity contribution in [3.63, 3.8) is 0 Å². The molecule has 0 atom stereocenters. The Morgan fingerprint density at radius 2 is 2.18 bits per heavy atom. The van der Waals surface area contributed by atoms with Gasteiger partial charge in [-0.1, -0.05) is 6.92 Å². The van der Waals surface area contributed by atoms with Crippen molar-refractivity contribution in [1.82, 2.24) is 0 Å². The van der Waals surface area contributed by atoms with Crippen molar-refractivity contribution < 1.29 is 14.3 Å². The average molecular weight is 254 g/mol. The van der Waals surface area contributed by atoms with Gasteiger partial charge in [0, 0.05) is 11.8 Å². The Morgan fingerprint density at radius 1 is 1.41 bits per heavy atom. The predicted octanol–water partition coefficient (Wildman–Crippen LogP) is 3.03. The molecule has 0 saturated carbocycles. The summed E-state index contributed by atoms with van der Waals surface area (Å²) < 4.78 is 10.7. The van der Waals surface area contributed by atoms with E-state index in [1.807, 2.05) is 11.8 Å². The second-order valence-electron chi connectivity index (χ2n) is 3.46. The van der Waals surface area contributed by atoms with E-state index in [9.17, 15) is 4.79 Å². The molecule has 0 N–H and O–H groups in total. The van der Waals surface area contributed by atoms with Crippen LogP contribution >= 0.6 is 11.8 Å². The second kappa shape index (κ2) is 7.22. The number of ether oxygens (including phenoxy) is 2. The summed E-state index contributed by atoms with van der Waals surface area (Å²) >= 11 is 1.81. The first kappa shape index (κ1) is 13.9. The van der Waals surface area contributed by atoms with Crippen LogP contribution in [0.4, 0.5) is 0 Å². The Balaban J connectivity index is 2.75. The van der Waals surface area contributed by atoms with Gasteiger partial charge in [0.15, 0.2) is 5.78 Å². The smallest absolute Gasteiger partial charge is 0.163 e. The molecule has 0 spiro atoms. The Morgan fingerprint density at radius 3 is 2.76 bits per heavy atom. The van der Waals surface area contributed by atoms with Crippen LogP contribution in [0.25, 0.3) is 0 Å². The van der Waals surface area contributed by atoms with E-state index in [4.69, 9.17) is 9.47 Å². The normalized spacial score (nSPS) is 10.1. The maximum atomic E-state index is 11.4. The van der Waals surface area contributed by atoms with Crippen molar-refractivity contribution in [2.24, 2.45) is 0 Å². The number of carbonyl (C=O) groups is 1. The van der Waals surface area contributed by atoms with Crippen molar-refractivity contribution in [1.29, 1.82) is 0 Å². The second-order valence-corrected chi connectivity index (χ2v) is 4.86. The summed E-state index contributed by atoms with van der Waals surface area (Å²) in [6, 6.07) is 5.27. The van der Waals surface area contributed by atoms with Gasteiger partial charge >= 0.3 is 0 Å². The third kappa shape index (κ3) is 4.30. The SMILES string of the molecule is CCSCCOc1cc(OC)ccc1C(C)=O. The molecule has 0 saturated heterocycles. The summed E-state index contributed by atoms with van der Waals surface area (Å²) in [4.78, 5) is 11.4. The van der Waals surface area contributed by atoms with Crippen LogP contribution in [0.5, 0.6) is 11.5 Å². The number of hydrogen-bond acceptors (Lipinski definition) is 4. The first-order valence-corrected chi connectivity index (χ1v) is 6.74. The monoisotopic (exact) mass is 254 g/mol. The van der Waals surface area contributed by atoms with Crippen molar-refractivity contribution in [2.75, 3.05) is 25.2 Å². The van der Waals surface area contributed by atoms with Crippen LogP contribution in [-0.2, 0) is 0 Å². The number of hydrogen-bond donors (Lipinski definition) is 0. The van der Waals surface area contributed by atoms with E-state index < -0.39 is 0 Å². The summed E-state index contributed by atoms with van der Waals surface area (Å²) in [5, 5.41) is 0. The largest absolute Gasteiger partial charge is 0.497 e. The minimum Gasteiger partial charge on any atom is -0.497 e. The Labute approximate surface area is 106 Å². The molecule has 1 aromatic carbocycles. The summed E-state index contributed by atoms with van der Waals surface area (Å²) in [5.41, 5.74) is 0.604. The van der Waals surface area contributed by atoms with Crippen molar-refractivity contribution in [2.45, 2.75) is 13.8 Å². The van der Waals surface area contributed by atoms with Crippen LogP contribution < -0.4 is 9.47 Å². The molecule has 0 radical (unpaired) electrons. The van der Waals surface area contributed by atoms with E-state index in [0.717, 1.165) is 11.5 Å². The molecule has 0 aliphatic heterocycles. The van der Waals surface area contributed by atoms with E-state index in [1.165, 1.54) is 6.92 Å². The zero-order chi connectivity index (χ0) is 12.7. The maximum Gasteiger partial charge on any atom is 0.163 e. The number of ketones is 1. The van der Waals surface area contributed by atoms with Gasteiger partial charge in [-0.05, 0) is 24.8 Å². The highest BCUT2D eigenvalue weighted by atomic mass is 32.2. The molecular formula is C13H18O3S. The lowest BCUT2D eigenvalue weighted by molar-refractivity contribution is 0.101. The zero-order valence-corrected chi connectivity index (χ0v) is 11.3. The molecule has 3 nitrogen and oxygen atoms in total. The van der Waals surface area contributed by atoms with Gasteiger partial charge in [0.05, 0.1) is 19.3 Å². The fraction of sp³-hybridized carbons (Fsp3) is 0.462. The Hall–Kier alpha value is -1.16. The molecule has 0 fully saturated rings. The van der Waals surface area contributed by atoms with Crippen LogP contribution in [0, 0.1) is 0 Å². The molecule has 1 aromatic rings. The van der Waals surface area contributed by atoms with Crippen LogP contribution in [0.15, 0.2) is 18.2 Å². The van der Waals surface area contributed by atoms with Gasteiger partial charge in [0.25, 0.3) is 0 Å². The lowest BCUT2D eigenvalue weighted by Crippen LogP contribution is -2.05. The van der Waals surface area contributed by atoms with Gasteiger partial charge in [0.2, 0.25) is 0 Å². The standard InChI is InChI=1S/C13H18O3S/c1-4-17-8-7-16-13-9-11(15-3)5-6-12(13)10(2)14/h5-6,9H,4,7-8H2,1-3H3. The zero-order valence-electron chi connectivity index (χ0n) is 10.5. The first-order chi connectivity index (χ1) is 8.19. The number of Topliss-reactive ketones (excluding diaryl/α,β-unsaturated/α-hetero) is 1. The summed E-state index contributed by atoms with van der Waals surface area (Å²) in [6.07, 6.45) is 0. The molecule has 94 valence electrons. The predicted molar refractivity (Wildman–Crippen MR) is 71.5 cm³/mol. The Bertz CT molecular complexity index is 377. The van der Waals surface area contributed by atoms with Crippen LogP contribution in [0.2, 0.25) is 0 Å². The van der Waals surface area contributed by atoms with Gasteiger partial charge < -0.3 is 9.47 Å². The van der Waals surface area contributed by atoms with E-state index >= 15 is 0 Å². The summed E-state index contributed by atoms with van der Waals surface area (Å²) in [7, 11) is 1.60. The lowest BCUT2D eigenvalue weighted by atomic mass is 10.1. The fourth-order valence-corrected chi connectivity index (χ4v) is 1.88. The fourth-order valence-electron chi connectivity index (χ4n) is 1.39. The first-order valence-electron chi connectivity index (χ1n) is 5.58. The van der Waals surface area contributed by atoms with E-state index in [2.05, 4.69) is 6.92 Å². The minimum absolute atomic E-state index is 0.00537. The molecular weight excluding hydrogens is 236 g/mol. The summed E-state index contributed by atoms with van der Waals surface area (Å²) in [6.45, 7) is 4.25. The van der Waals surface area contributed by atoms with Crippen molar-refractivity contribution in [3.05, 3.63) is 23.8 Å². The third-order valence-corrected chi connectivity index (χ3v) is 3.12. The number of carbonyl (C=O) groups excluding carboxylic acids is 1. The number of methoxy groups -OCH3 is 1. The molecule has 0 aliphatic rings. The van der Waals surface area contributed by atoms with Crippen LogP contribution in [0.3, 0.4) is 0 Å². The van der Waals surface area contributed by atoms with Crippen molar-refractivity contribution >= 4 is 17.5 Å². The highest BCUT2D eigenvalue weighted by Gasteiger charge is 2.09. The van der Waals surface area contributed by atoms with Crippen LogP contribution in [-0.4, -0.2) is 31.0 Å². The average Bonchev–Trinajstić information content (AvgIpc) is 2.34. The molecule has 0 unspecified atom stereocenters. The topological polar surface area (TPSA) is 35.5 Å².